The van der Waals surface area contributed by atoms with Crippen molar-refractivity contribution in [3.05, 3.63) is 62.2 Å². The number of nitrogens with one attached hydrogen (secondary N) is 1. The first-order valence-electron chi connectivity index (χ1n) is 8.75. The van der Waals surface area contributed by atoms with E-state index >= 15 is 0 Å². The number of aryl methyl sites for hydroxylation is 3. The van der Waals surface area contributed by atoms with Crippen LogP contribution in [0.3, 0.4) is 0 Å². The van der Waals surface area contributed by atoms with Crippen LogP contribution in [0.5, 0.6) is 0 Å². The second kappa shape index (κ2) is 6.24. The molecule has 4 aromatic rings. The first-order chi connectivity index (χ1) is 12.9. The fourth-order valence-electron chi connectivity index (χ4n) is 3.52. The first kappa shape index (κ1) is 17.3. The van der Waals surface area contributed by atoms with Gasteiger partial charge in [-0.2, -0.15) is 0 Å². The van der Waals surface area contributed by atoms with Crippen molar-refractivity contribution in [2.24, 2.45) is 14.1 Å². The molecule has 3 heterocycles. The highest BCUT2D eigenvalue weighted by Gasteiger charge is 2.18. The van der Waals surface area contributed by atoms with E-state index in [1.165, 1.54) is 9.13 Å². The van der Waals surface area contributed by atoms with Gasteiger partial charge in [-0.25, -0.2) is 9.78 Å². The lowest BCUT2D eigenvalue weighted by molar-refractivity contribution is 0.295. The molecule has 140 valence electrons. The van der Waals surface area contributed by atoms with E-state index in [1.54, 1.807) is 18.7 Å². The topological polar surface area (TPSA) is 97.8 Å². The van der Waals surface area contributed by atoms with Gasteiger partial charge < -0.3 is 14.7 Å². The predicted octanol–water partition coefficient (Wildman–Crippen LogP) is 0.807. The number of aliphatic hydroxyl groups excluding tert-OH is 1. The number of hydrogen-bond acceptors (Lipinski definition) is 4. The van der Waals surface area contributed by atoms with Crippen LogP contribution in [0.15, 0.2) is 33.9 Å². The van der Waals surface area contributed by atoms with Gasteiger partial charge in [0, 0.05) is 31.7 Å². The van der Waals surface area contributed by atoms with Crippen LogP contribution in [0.4, 0.5) is 0 Å². The summed E-state index contributed by atoms with van der Waals surface area (Å²) in [6.45, 7) is 2.09. The minimum atomic E-state index is -0.420. The summed E-state index contributed by atoms with van der Waals surface area (Å²) >= 11 is 0. The Balaban J connectivity index is 1.89. The largest absolute Gasteiger partial charge is 0.396 e. The minimum Gasteiger partial charge on any atom is -0.396 e. The number of aliphatic hydroxyl groups is 1. The van der Waals surface area contributed by atoms with E-state index in [0.717, 1.165) is 22.2 Å². The van der Waals surface area contributed by atoms with E-state index in [0.29, 0.717) is 23.4 Å². The average molecular weight is 367 g/mol. The molecule has 0 spiro atoms. The van der Waals surface area contributed by atoms with E-state index in [-0.39, 0.29) is 18.7 Å². The fourth-order valence-corrected chi connectivity index (χ4v) is 3.52. The van der Waals surface area contributed by atoms with Crippen LogP contribution in [-0.4, -0.2) is 35.4 Å². The monoisotopic (exact) mass is 367 g/mol. The molecule has 3 aromatic heterocycles. The summed E-state index contributed by atoms with van der Waals surface area (Å²) in [7, 11) is 3.33. The van der Waals surface area contributed by atoms with Crippen molar-refractivity contribution in [3.63, 3.8) is 0 Å². The molecule has 0 unspecified atom stereocenters. The van der Waals surface area contributed by atoms with Gasteiger partial charge in [0.05, 0.1) is 13.2 Å². The minimum absolute atomic E-state index is 0.0756. The van der Waals surface area contributed by atoms with Crippen LogP contribution in [0.1, 0.15) is 17.1 Å². The Labute approximate surface area is 154 Å². The van der Waals surface area contributed by atoms with Gasteiger partial charge in [0.2, 0.25) is 0 Å². The summed E-state index contributed by atoms with van der Waals surface area (Å²) in [6.07, 6.45) is 0.320. The number of benzene rings is 1. The van der Waals surface area contributed by atoms with Crippen LogP contribution in [0, 0.1) is 6.92 Å². The van der Waals surface area contributed by atoms with Gasteiger partial charge in [0.15, 0.2) is 11.2 Å². The van der Waals surface area contributed by atoms with Crippen molar-refractivity contribution in [2.75, 3.05) is 6.61 Å². The normalized spacial score (nSPS) is 11.7. The molecule has 27 heavy (non-hydrogen) atoms. The van der Waals surface area contributed by atoms with Crippen molar-refractivity contribution in [2.45, 2.75) is 19.9 Å². The Morgan fingerprint density at radius 3 is 2.67 bits per heavy atom. The number of nitrogens with zero attached hydrogens (tertiary/aromatic N) is 4. The summed E-state index contributed by atoms with van der Waals surface area (Å²) in [5.41, 5.74) is 2.78. The highest BCUT2D eigenvalue weighted by molar-refractivity contribution is 5.81. The molecule has 0 saturated carbocycles. The van der Waals surface area contributed by atoms with Crippen molar-refractivity contribution in [1.82, 2.24) is 23.7 Å². The van der Waals surface area contributed by atoms with E-state index < -0.39 is 5.69 Å². The summed E-state index contributed by atoms with van der Waals surface area (Å²) < 4.78 is 4.24. The van der Waals surface area contributed by atoms with Crippen LogP contribution in [-0.2, 0) is 27.1 Å². The molecule has 0 aliphatic heterocycles. The molecule has 0 amide bonds. The van der Waals surface area contributed by atoms with Gasteiger partial charge in [-0.1, -0.05) is 11.6 Å². The van der Waals surface area contributed by atoms with E-state index in [2.05, 4.69) is 16.0 Å². The van der Waals surface area contributed by atoms with Crippen molar-refractivity contribution < 1.29 is 5.11 Å². The highest BCUT2D eigenvalue weighted by atomic mass is 16.3. The van der Waals surface area contributed by atoms with E-state index in [4.69, 9.17) is 0 Å². The zero-order valence-electron chi connectivity index (χ0n) is 15.5. The number of hydrogen-bond donors (Lipinski definition) is 2. The smallest absolute Gasteiger partial charge is 0.332 e. The third-order valence-electron chi connectivity index (χ3n) is 4.95. The molecule has 8 nitrogen and oxygen atoms in total. The summed E-state index contributed by atoms with van der Waals surface area (Å²) in [5, 5.41) is 10.2. The second-order valence-electron chi connectivity index (χ2n) is 6.85. The van der Waals surface area contributed by atoms with Crippen LogP contribution in [0.25, 0.3) is 22.1 Å². The Morgan fingerprint density at radius 2 is 1.93 bits per heavy atom. The quantitative estimate of drug-likeness (QED) is 0.558. The van der Waals surface area contributed by atoms with Gasteiger partial charge in [0.1, 0.15) is 5.82 Å². The Bertz CT molecular complexity index is 1290. The second-order valence-corrected chi connectivity index (χ2v) is 6.85. The number of H-pyrrole nitrogens is 1. The summed E-state index contributed by atoms with van der Waals surface area (Å²) in [5.74, 6) is 0.568. The maximum absolute atomic E-state index is 13.0. The number of imidazole rings is 1. The molecule has 2 N–H and O–H groups in total. The third kappa shape index (κ3) is 2.69. The standard InChI is InChI=1S/C19H21N5O3/c1-11-4-5-14-12(8-11)9-13(20-14)10-24-18(26)16-17(23(3)19(24)27)21-15(6-7-25)22(16)2/h4-5,8-9,20,25H,6-7,10H2,1-3H3. The maximum atomic E-state index is 13.0. The van der Waals surface area contributed by atoms with Crippen LogP contribution < -0.4 is 11.2 Å². The zero-order chi connectivity index (χ0) is 19.3. The number of fused-ring (bicyclic) bond motifs is 2. The summed E-state index contributed by atoms with van der Waals surface area (Å²) in [4.78, 5) is 33.4. The highest BCUT2D eigenvalue weighted by Crippen LogP contribution is 2.17. The van der Waals surface area contributed by atoms with Crippen LogP contribution in [0.2, 0.25) is 0 Å². The van der Waals surface area contributed by atoms with Gasteiger partial charge in [0.25, 0.3) is 5.56 Å². The molecule has 4 rings (SSSR count). The molecular weight excluding hydrogens is 346 g/mol. The van der Waals surface area contributed by atoms with Crippen LogP contribution >= 0.6 is 0 Å². The molecule has 0 aliphatic carbocycles. The summed E-state index contributed by atoms with van der Waals surface area (Å²) in [6, 6.07) is 8.01. The Hall–Kier alpha value is -3.13. The molecule has 8 heteroatoms. The molecule has 0 bridgehead atoms. The van der Waals surface area contributed by atoms with Gasteiger partial charge >= 0.3 is 5.69 Å². The SMILES string of the molecule is Cc1ccc2[nH]c(Cn3c(=O)c4c(nc(CCO)n4C)n(C)c3=O)cc2c1. The lowest BCUT2D eigenvalue weighted by atomic mass is 10.2. The molecular formula is C19H21N5O3. The average Bonchev–Trinajstić information content (AvgIpc) is 3.18. The Kier molecular flexibility index (Phi) is 4.00. The Morgan fingerprint density at radius 1 is 1.15 bits per heavy atom. The van der Waals surface area contributed by atoms with E-state index in [1.807, 2.05) is 25.1 Å². The van der Waals surface area contributed by atoms with Gasteiger partial charge in [-0.05, 0) is 30.5 Å². The van der Waals surface area contributed by atoms with Crippen molar-refractivity contribution >= 4 is 22.1 Å². The number of aromatic amines is 1. The van der Waals surface area contributed by atoms with Crippen molar-refractivity contribution in [1.29, 1.82) is 0 Å². The predicted molar refractivity (Wildman–Crippen MR) is 103 cm³/mol. The molecule has 0 saturated heterocycles. The zero-order valence-corrected chi connectivity index (χ0v) is 15.5. The van der Waals surface area contributed by atoms with Gasteiger partial charge in [-0.15, -0.1) is 0 Å². The third-order valence-corrected chi connectivity index (χ3v) is 4.95. The van der Waals surface area contributed by atoms with E-state index in [9.17, 15) is 14.7 Å². The molecule has 0 fully saturated rings. The molecule has 0 aliphatic rings. The fraction of sp³-hybridized carbons (Fsp3) is 0.316. The lowest BCUT2D eigenvalue weighted by Gasteiger charge is -2.07. The molecule has 0 radical (unpaired) electrons. The number of aromatic nitrogens is 5. The first-order valence-corrected chi connectivity index (χ1v) is 8.75. The molecule has 0 atom stereocenters. The van der Waals surface area contributed by atoms with Crippen molar-refractivity contribution in [3.8, 4) is 0 Å². The maximum Gasteiger partial charge on any atom is 0.332 e. The number of rotatable bonds is 4. The lowest BCUT2D eigenvalue weighted by Crippen LogP contribution is -2.39. The molecule has 1 aromatic carbocycles. The van der Waals surface area contributed by atoms with Gasteiger partial charge in [-0.3, -0.25) is 13.9 Å².